The van der Waals surface area contributed by atoms with E-state index in [1.54, 1.807) is 4.90 Å². The second kappa shape index (κ2) is 12.0. The topological polar surface area (TPSA) is 94.2 Å². The summed E-state index contributed by atoms with van der Waals surface area (Å²) in [6.07, 6.45) is -3.59. The maximum Gasteiger partial charge on any atom is 0.418 e. The van der Waals surface area contributed by atoms with Crippen LogP contribution in [0.2, 0.25) is 0 Å². The number of halogens is 3. The van der Waals surface area contributed by atoms with Crippen LogP contribution in [0.25, 0.3) is 0 Å². The summed E-state index contributed by atoms with van der Waals surface area (Å²) in [7, 11) is 1.32. The van der Waals surface area contributed by atoms with Gasteiger partial charge in [-0.05, 0) is 48.6 Å². The fourth-order valence-corrected chi connectivity index (χ4v) is 4.25. The number of nitrogens with zero attached hydrogens (tertiary/aromatic N) is 1. The Bertz CT molecular complexity index is 1130. The highest BCUT2D eigenvalue weighted by atomic mass is 19.4. The predicted octanol–water partition coefficient (Wildman–Crippen LogP) is 4.39. The van der Waals surface area contributed by atoms with Crippen LogP contribution >= 0.6 is 0 Å². The molecule has 2 amide bonds. The fraction of sp³-hybridized carbons (Fsp3) is 0.423. The zero-order chi connectivity index (χ0) is 27.2. The van der Waals surface area contributed by atoms with Gasteiger partial charge >= 0.3 is 12.1 Å². The van der Waals surface area contributed by atoms with Crippen molar-refractivity contribution in [1.82, 2.24) is 4.90 Å². The molecule has 1 aliphatic heterocycles. The minimum absolute atomic E-state index is 0.0886. The van der Waals surface area contributed by atoms with Gasteiger partial charge in [-0.1, -0.05) is 26.0 Å². The zero-order valence-electron chi connectivity index (χ0n) is 20.8. The minimum atomic E-state index is -4.63. The smallest absolute Gasteiger partial charge is 0.418 e. The molecule has 0 aliphatic carbocycles. The molecular weight excluding hydrogens is 493 g/mol. The van der Waals surface area contributed by atoms with Crippen LogP contribution < -0.4 is 14.8 Å². The molecular formula is C26H29F3N2O6. The van der Waals surface area contributed by atoms with Gasteiger partial charge in [-0.25, -0.2) is 4.79 Å². The molecule has 37 heavy (non-hydrogen) atoms. The number of hydrogen-bond acceptors (Lipinski definition) is 6. The number of rotatable bonds is 8. The quantitative estimate of drug-likeness (QED) is 0.517. The van der Waals surface area contributed by atoms with Gasteiger partial charge in [-0.15, -0.1) is 0 Å². The summed E-state index contributed by atoms with van der Waals surface area (Å²) in [4.78, 5) is 38.8. The van der Waals surface area contributed by atoms with E-state index in [0.29, 0.717) is 24.9 Å². The number of likely N-dealkylation sites (tertiary alicyclic amines) is 1. The molecule has 2 unspecified atom stereocenters. The molecule has 1 fully saturated rings. The number of ether oxygens (including phenoxy) is 3. The van der Waals surface area contributed by atoms with Gasteiger partial charge in [-0.3, -0.25) is 9.59 Å². The van der Waals surface area contributed by atoms with Crippen molar-refractivity contribution < 1.29 is 41.8 Å². The lowest BCUT2D eigenvalue weighted by Gasteiger charge is -2.34. The van der Waals surface area contributed by atoms with Crippen molar-refractivity contribution in [2.45, 2.75) is 26.4 Å². The van der Waals surface area contributed by atoms with Gasteiger partial charge < -0.3 is 24.4 Å². The second-order valence-corrected chi connectivity index (χ2v) is 9.07. The van der Waals surface area contributed by atoms with Crippen molar-refractivity contribution in [1.29, 1.82) is 0 Å². The first-order valence-corrected chi connectivity index (χ1v) is 11.7. The summed E-state index contributed by atoms with van der Waals surface area (Å²) in [6, 6.07) is 8.64. The number of carbonyl (C=O) groups excluding carboxylic acids is 3. The van der Waals surface area contributed by atoms with Crippen LogP contribution in [0.5, 0.6) is 11.5 Å². The lowest BCUT2D eigenvalue weighted by molar-refractivity contribution is -0.137. The highest BCUT2D eigenvalue weighted by molar-refractivity contribution is 5.93. The lowest BCUT2D eigenvalue weighted by atomic mass is 9.92. The Morgan fingerprint density at radius 3 is 2.32 bits per heavy atom. The Kier molecular flexibility index (Phi) is 9.01. The van der Waals surface area contributed by atoms with E-state index in [9.17, 15) is 27.6 Å². The Hall–Kier alpha value is -3.76. The van der Waals surface area contributed by atoms with Crippen molar-refractivity contribution in [3.05, 3.63) is 53.6 Å². The van der Waals surface area contributed by atoms with Crippen LogP contribution in [0.4, 0.5) is 18.9 Å². The number of benzene rings is 2. The number of carbonyl (C=O) groups is 3. The Balaban J connectivity index is 1.57. The van der Waals surface area contributed by atoms with Crippen LogP contribution in [0, 0.1) is 11.8 Å². The predicted molar refractivity (Wildman–Crippen MR) is 128 cm³/mol. The molecule has 1 heterocycles. The molecule has 200 valence electrons. The summed E-state index contributed by atoms with van der Waals surface area (Å²) in [5.41, 5.74) is -1.27. The van der Waals surface area contributed by atoms with Gasteiger partial charge in [0.2, 0.25) is 0 Å². The number of piperidine rings is 1. The molecule has 0 bridgehead atoms. The SMILES string of the molecule is COc1cc(C(=O)OCC(=O)N2CC(C)CC(C)C2)ccc1OCC(=O)Nc1ccccc1C(F)(F)F. The van der Waals surface area contributed by atoms with Crippen molar-refractivity contribution in [3.8, 4) is 11.5 Å². The normalized spacial score (nSPS) is 17.6. The monoisotopic (exact) mass is 522 g/mol. The van der Waals surface area contributed by atoms with E-state index in [-0.39, 0.29) is 23.0 Å². The van der Waals surface area contributed by atoms with Crippen molar-refractivity contribution in [2.75, 3.05) is 38.7 Å². The number of hydrogen-bond donors (Lipinski definition) is 1. The number of para-hydroxylation sites is 1. The van der Waals surface area contributed by atoms with Crippen molar-refractivity contribution >= 4 is 23.5 Å². The fourth-order valence-electron chi connectivity index (χ4n) is 4.25. The molecule has 8 nitrogen and oxygen atoms in total. The number of amides is 2. The molecule has 0 aromatic heterocycles. The highest BCUT2D eigenvalue weighted by Crippen LogP contribution is 2.34. The third kappa shape index (κ3) is 7.61. The van der Waals surface area contributed by atoms with Crippen LogP contribution in [-0.2, 0) is 20.5 Å². The second-order valence-electron chi connectivity index (χ2n) is 9.07. The lowest BCUT2D eigenvalue weighted by Crippen LogP contribution is -2.44. The van der Waals surface area contributed by atoms with Gasteiger partial charge in [0, 0.05) is 13.1 Å². The molecule has 0 radical (unpaired) electrons. The molecule has 1 saturated heterocycles. The van der Waals surface area contributed by atoms with E-state index < -0.39 is 42.5 Å². The number of nitrogens with one attached hydrogen (secondary N) is 1. The van der Waals surface area contributed by atoms with Crippen LogP contribution in [0.15, 0.2) is 42.5 Å². The molecule has 1 aliphatic rings. The van der Waals surface area contributed by atoms with E-state index in [1.165, 1.54) is 37.4 Å². The Morgan fingerprint density at radius 2 is 1.68 bits per heavy atom. The summed E-state index contributed by atoms with van der Waals surface area (Å²) < 4.78 is 55.1. The molecule has 2 atom stereocenters. The van der Waals surface area contributed by atoms with Crippen LogP contribution in [0.1, 0.15) is 36.2 Å². The molecule has 1 N–H and O–H groups in total. The third-order valence-electron chi connectivity index (χ3n) is 5.81. The third-order valence-corrected chi connectivity index (χ3v) is 5.81. The van der Waals surface area contributed by atoms with Crippen LogP contribution in [0.3, 0.4) is 0 Å². The standard InChI is InChI=1S/C26H29F3N2O6/c1-16-10-17(2)13-31(12-16)24(33)15-37-25(34)18-8-9-21(22(11-18)35-3)36-14-23(32)30-20-7-5-4-6-19(20)26(27,28)29/h4-9,11,16-17H,10,12-15H2,1-3H3,(H,30,32). The van der Waals surface area contributed by atoms with Crippen molar-refractivity contribution in [3.63, 3.8) is 0 Å². The summed E-state index contributed by atoms with van der Waals surface area (Å²) in [5, 5.41) is 2.18. The molecule has 0 spiro atoms. The minimum Gasteiger partial charge on any atom is -0.493 e. The molecule has 3 rings (SSSR count). The van der Waals surface area contributed by atoms with Gasteiger partial charge in [-0.2, -0.15) is 13.2 Å². The summed E-state index contributed by atoms with van der Waals surface area (Å²) in [5.74, 6) is -0.881. The van der Waals surface area contributed by atoms with Gasteiger partial charge in [0.1, 0.15) is 0 Å². The number of alkyl halides is 3. The van der Waals surface area contributed by atoms with E-state index >= 15 is 0 Å². The van der Waals surface area contributed by atoms with E-state index in [1.807, 2.05) is 0 Å². The number of esters is 1. The van der Waals surface area contributed by atoms with Gasteiger partial charge in [0.05, 0.1) is 23.9 Å². The molecule has 0 saturated carbocycles. The highest BCUT2D eigenvalue weighted by Gasteiger charge is 2.33. The molecule has 2 aromatic carbocycles. The molecule has 2 aromatic rings. The first-order valence-electron chi connectivity index (χ1n) is 11.7. The summed E-state index contributed by atoms with van der Waals surface area (Å²) >= 11 is 0. The Morgan fingerprint density at radius 1 is 1.00 bits per heavy atom. The average Bonchev–Trinajstić information content (AvgIpc) is 2.84. The maximum absolute atomic E-state index is 13.1. The Labute approximate surface area is 212 Å². The largest absolute Gasteiger partial charge is 0.493 e. The zero-order valence-corrected chi connectivity index (χ0v) is 20.8. The van der Waals surface area contributed by atoms with E-state index in [2.05, 4.69) is 19.2 Å². The number of methoxy groups -OCH3 is 1. The van der Waals surface area contributed by atoms with Crippen LogP contribution in [-0.4, -0.2) is 56.1 Å². The van der Waals surface area contributed by atoms with E-state index in [0.717, 1.165) is 18.6 Å². The van der Waals surface area contributed by atoms with Gasteiger partial charge in [0.25, 0.3) is 11.8 Å². The van der Waals surface area contributed by atoms with E-state index in [4.69, 9.17) is 14.2 Å². The van der Waals surface area contributed by atoms with Crippen molar-refractivity contribution in [2.24, 2.45) is 11.8 Å². The first kappa shape index (κ1) is 27.8. The first-order chi connectivity index (χ1) is 17.5. The summed E-state index contributed by atoms with van der Waals surface area (Å²) in [6.45, 7) is 4.39. The maximum atomic E-state index is 13.1. The molecule has 11 heteroatoms. The van der Waals surface area contributed by atoms with Gasteiger partial charge in [0.15, 0.2) is 24.7 Å². The number of anilines is 1. The average molecular weight is 523 g/mol.